The fourth-order valence-electron chi connectivity index (χ4n) is 4.28. The fourth-order valence-corrected chi connectivity index (χ4v) is 4.28. The van der Waals surface area contributed by atoms with E-state index in [1.54, 1.807) is 0 Å². The number of hydrogen-bond acceptors (Lipinski definition) is 1. The van der Waals surface area contributed by atoms with Crippen LogP contribution in [0.5, 0.6) is 0 Å². The Morgan fingerprint density at radius 2 is 2.17 bits per heavy atom. The Labute approximate surface area is 75.1 Å². The molecule has 3 fully saturated rings. The van der Waals surface area contributed by atoms with E-state index in [1.165, 1.54) is 32.2 Å². The normalized spacial score (nSPS) is 58.0. The highest BCUT2D eigenvalue weighted by atomic mass is 15.3. The van der Waals surface area contributed by atoms with Gasteiger partial charge in [-0.05, 0) is 43.6 Å². The lowest BCUT2D eigenvalue weighted by molar-refractivity contribution is 0.102. The van der Waals surface area contributed by atoms with E-state index in [1.807, 2.05) is 0 Å². The maximum atomic E-state index is 2.81. The Morgan fingerprint density at radius 1 is 1.33 bits per heavy atom. The van der Waals surface area contributed by atoms with Crippen LogP contribution in [-0.2, 0) is 0 Å². The second-order valence-corrected chi connectivity index (χ2v) is 5.50. The minimum atomic E-state index is 0.709. The number of rotatable bonds is 0. The molecule has 12 heavy (non-hydrogen) atoms. The summed E-state index contributed by atoms with van der Waals surface area (Å²) in [5, 5.41) is 0. The molecule has 1 aliphatic carbocycles. The Balaban J connectivity index is 1.97. The first-order valence-electron chi connectivity index (χ1n) is 5.46. The molecule has 2 aliphatic heterocycles. The molecule has 1 saturated carbocycles. The molecular weight excluding hydrogens is 146 g/mol. The summed E-state index contributed by atoms with van der Waals surface area (Å²) < 4.78 is 0. The SMILES string of the molecule is CC1CC2(C)CC1N1CCCC12. The topological polar surface area (TPSA) is 3.24 Å². The summed E-state index contributed by atoms with van der Waals surface area (Å²) in [6.45, 7) is 6.37. The molecule has 2 saturated heterocycles. The number of hydrogen-bond donors (Lipinski definition) is 0. The predicted molar refractivity (Wildman–Crippen MR) is 50.0 cm³/mol. The molecule has 68 valence electrons. The van der Waals surface area contributed by atoms with Gasteiger partial charge in [-0.1, -0.05) is 13.8 Å². The van der Waals surface area contributed by atoms with E-state index >= 15 is 0 Å². The molecule has 0 aromatic carbocycles. The third-order valence-electron chi connectivity index (χ3n) is 4.65. The second-order valence-electron chi connectivity index (χ2n) is 5.50. The molecule has 3 aliphatic rings. The van der Waals surface area contributed by atoms with Gasteiger partial charge in [-0.25, -0.2) is 0 Å². The number of nitrogens with zero attached hydrogens (tertiary/aromatic N) is 1. The third-order valence-corrected chi connectivity index (χ3v) is 4.65. The quantitative estimate of drug-likeness (QED) is 0.532. The van der Waals surface area contributed by atoms with Gasteiger partial charge in [-0.15, -0.1) is 0 Å². The number of piperidine rings is 1. The Hall–Kier alpha value is -0.0400. The number of fused-ring (bicyclic) bond motifs is 5. The summed E-state index contributed by atoms with van der Waals surface area (Å²) in [7, 11) is 0. The van der Waals surface area contributed by atoms with Crippen LogP contribution in [0.3, 0.4) is 0 Å². The van der Waals surface area contributed by atoms with E-state index in [4.69, 9.17) is 0 Å². The van der Waals surface area contributed by atoms with E-state index in [-0.39, 0.29) is 0 Å². The standard InChI is InChI=1S/C11H19N/c1-8-6-11(2)7-9(8)12-5-3-4-10(11)12/h8-10H,3-7H2,1-2H3. The van der Waals surface area contributed by atoms with Gasteiger partial charge in [0.15, 0.2) is 0 Å². The first-order valence-corrected chi connectivity index (χ1v) is 5.46. The lowest BCUT2D eigenvalue weighted by Gasteiger charge is -2.38. The molecule has 2 heterocycles. The zero-order valence-corrected chi connectivity index (χ0v) is 8.21. The van der Waals surface area contributed by atoms with Crippen molar-refractivity contribution in [2.45, 2.75) is 51.6 Å². The fraction of sp³-hybridized carbons (Fsp3) is 1.00. The van der Waals surface area contributed by atoms with Gasteiger partial charge in [-0.3, -0.25) is 4.90 Å². The van der Waals surface area contributed by atoms with Crippen LogP contribution in [0.15, 0.2) is 0 Å². The summed E-state index contributed by atoms with van der Waals surface area (Å²) in [6.07, 6.45) is 5.95. The predicted octanol–water partition coefficient (Wildman–Crippen LogP) is 2.27. The van der Waals surface area contributed by atoms with E-state index in [0.717, 1.165) is 18.0 Å². The van der Waals surface area contributed by atoms with Gasteiger partial charge >= 0.3 is 0 Å². The van der Waals surface area contributed by atoms with Crippen molar-refractivity contribution < 1.29 is 0 Å². The van der Waals surface area contributed by atoms with E-state index in [9.17, 15) is 0 Å². The zero-order chi connectivity index (χ0) is 8.34. The molecule has 1 nitrogen and oxygen atoms in total. The highest BCUT2D eigenvalue weighted by Gasteiger charge is 2.57. The largest absolute Gasteiger partial charge is 0.297 e. The van der Waals surface area contributed by atoms with Crippen LogP contribution < -0.4 is 0 Å². The molecule has 4 unspecified atom stereocenters. The van der Waals surface area contributed by atoms with E-state index < -0.39 is 0 Å². The monoisotopic (exact) mass is 165 g/mol. The van der Waals surface area contributed by atoms with E-state index in [2.05, 4.69) is 18.7 Å². The zero-order valence-electron chi connectivity index (χ0n) is 8.21. The average molecular weight is 165 g/mol. The maximum absolute atomic E-state index is 2.81. The molecule has 0 aromatic heterocycles. The van der Waals surface area contributed by atoms with Gasteiger partial charge in [-0.2, -0.15) is 0 Å². The molecule has 0 aromatic rings. The van der Waals surface area contributed by atoms with Crippen molar-refractivity contribution in [3.8, 4) is 0 Å². The maximum Gasteiger partial charge on any atom is 0.0153 e. The average Bonchev–Trinajstić information content (AvgIpc) is 2.57. The minimum Gasteiger partial charge on any atom is -0.297 e. The third kappa shape index (κ3) is 0.693. The Morgan fingerprint density at radius 3 is 3.00 bits per heavy atom. The van der Waals surface area contributed by atoms with Gasteiger partial charge in [0.25, 0.3) is 0 Å². The lowest BCUT2D eigenvalue weighted by Crippen LogP contribution is -2.43. The first kappa shape index (κ1) is 7.37. The lowest BCUT2D eigenvalue weighted by atomic mass is 9.79. The molecule has 0 spiro atoms. The van der Waals surface area contributed by atoms with Crippen molar-refractivity contribution in [2.24, 2.45) is 11.3 Å². The molecule has 3 rings (SSSR count). The summed E-state index contributed by atoms with van der Waals surface area (Å²) >= 11 is 0. The van der Waals surface area contributed by atoms with Gasteiger partial charge in [0, 0.05) is 12.1 Å². The Bertz CT molecular complexity index is 213. The summed E-state index contributed by atoms with van der Waals surface area (Å²) in [4.78, 5) is 2.81. The van der Waals surface area contributed by atoms with E-state index in [0.29, 0.717) is 5.41 Å². The molecule has 0 N–H and O–H groups in total. The summed E-state index contributed by atoms with van der Waals surface area (Å²) in [6, 6.07) is 1.93. The van der Waals surface area contributed by atoms with Crippen LogP contribution in [0.4, 0.5) is 0 Å². The second kappa shape index (κ2) is 2.06. The highest BCUT2D eigenvalue weighted by molar-refractivity contribution is 5.11. The summed E-state index contributed by atoms with van der Waals surface area (Å²) in [5.41, 5.74) is 0.709. The van der Waals surface area contributed by atoms with Crippen LogP contribution >= 0.6 is 0 Å². The molecule has 2 bridgehead atoms. The van der Waals surface area contributed by atoms with Crippen molar-refractivity contribution >= 4 is 0 Å². The van der Waals surface area contributed by atoms with Crippen LogP contribution in [0.1, 0.15) is 39.5 Å². The van der Waals surface area contributed by atoms with Gasteiger partial charge in [0.2, 0.25) is 0 Å². The smallest absolute Gasteiger partial charge is 0.0153 e. The van der Waals surface area contributed by atoms with Crippen LogP contribution in [0.25, 0.3) is 0 Å². The van der Waals surface area contributed by atoms with Crippen molar-refractivity contribution in [3.05, 3.63) is 0 Å². The van der Waals surface area contributed by atoms with Gasteiger partial charge < -0.3 is 0 Å². The van der Waals surface area contributed by atoms with Crippen LogP contribution in [0.2, 0.25) is 0 Å². The van der Waals surface area contributed by atoms with Crippen molar-refractivity contribution in [1.29, 1.82) is 0 Å². The molecule has 4 atom stereocenters. The minimum absolute atomic E-state index is 0.709. The molecule has 0 amide bonds. The molecular formula is C11H19N. The Kier molecular flexibility index (Phi) is 1.27. The molecule has 1 heteroatoms. The van der Waals surface area contributed by atoms with Crippen molar-refractivity contribution in [3.63, 3.8) is 0 Å². The van der Waals surface area contributed by atoms with Gasteiger partial charge in [0.1, 0.15) is 0 Å². The summed E-state index contributed by atoms with van der Waals surface area (Å²) in [5.74, 6) is 0.976. The first-order chi connectivity index (χ1) is 5.71. The van der Waals surface area contributed by atoms with Gasteiger partial charge in [0.05, 0.1) is 0 Å². The highest BCUT2D eigenvalue weighted by Crippen LogP contribution is 2.57. The van der Waals surface area contributed by atoms with Crippen molar-refractivity contribution in [2.75, 3.05) is 6.54 Å². The molecule has 0 radical (unpaired) electrons. The van der Waals surface area contributed by atoms with Crippen LogP contribution in [-0.4, -0.2) is 23.5 Å². The van der Waals surface area contributed by atoms with Crippen LogP contribution in [0, 0.1) is 11.3 Å². The van der Waals surface area contributed by atoms with Crippen molar-refractivity contribution in [1.82, 2.24) is 4.90 Å².